The van der Waals surface area contributed by atoms with Crippen molar-refractivity contribution in [1.29, 1.82) is 0 Å². The van der Waals surface area contributed by atoms with Gasteiger partial charge in [0.15, 0.2) is 6.54 Å². The Morgan fingerprint density at radius 3 is 2.41 bits per heavy atom. The lowest BCUT2D eigenvalue weighted by molar-refractivity contribution is -0.892. The number of anilines is 1. The van der Waals surface area contributed by atoms with Gasteiger partial charge in [0.05, 0.1) is 32.7 Å². The van der Waals surface area contributed by atoms with Crippen LogP contribution in [0.25, 0.3) is 0 Å². The van der Waals surface area contributed by atoms with Gasteiger partial charge in [0.1, 0.15) is 5.75 Å². The van der Waals surface area contributed by atoms with Crippen molar-refractivity contribution in [1.82, 2.24) is 10.6 Å². The van der Waals surface area contributed by atoms with Gasteiger partial charge < -0.3 is 25.5 Å². The maximum atomic E-state index is 11.8. The highest BCUT2D eigenvalue weighted by Gasteiger charge is 2.22. The minimum absolute atomic E-state index is 0.0300. The first-order valence-corrected chi connectivity index (χ1v) is 7.43. The van der Waals surface area contributed by atoms with Crippen LogP contribution in [-0.2, 0) is 9.59 Å². The number of nitrogens with zero attached hydrogens (tertiary/aromatic N) is 1. The Kier molecular flexibility index (Phi) is 5.60. The molecule has 2 rings (SSSR count). The first-order valence-electron chi connectivity index (χ1n) is 7.43. The molecule has 4 N–H and O–H groups in total. The number of carbonyl (C=O) groups is 2. The zero-order valence-corrected chi connectivity index (χ0v) is 12.8. The maximum Gasteiger partial charge on any atom is 0.275 e. The van der Waals surface area contributed by atoms with Gasteiger partial charge >= 0.3 is 0 Å². The van der Waals surface area contributed by atoms with Crippen molar-refractivity contribution in [2.24, 2.45) is 0 Å². The molecule has 120 valence electrons. The largest absolute Gasteiger partial charge is 0.508 e. The molecule has 2 amide bonds. The van der Waals surface area contributed by atoms with Gasteiger partial charge in [0.2, 0.25) is 5.91 Å². The smallest absolute Gasteiger partial charge is 0.275 e. The van der Waals surface area contributed by atoms with E-state index < -0.39 is 0 Å². The van der Waals surface area contributed by atoms with Crippen LogP contribution >= 0.6 is 0 Å². The van der Waals surface area contributed by atoms with E-state index in [4.69, 9.17) is 0 Å². The van der Waals surface area contributed by atoms with Crippen LogP contribution in [0, 0.1) is 0 Å². The number of piperazine rings is 1. The highest BCUT2D eigenvalue weighted by atomic mass is 16.3. The number of nitrogens with one attached hydrogen (secondary N) is 3. The number of hydrogen-bond acceptors (Lipinski definition) is 4. The summed E-state index contributed by atoms with van der Waals surface area (Å²) < 4.78 is 0. The predicted octanol–water partition coefficient (Wildman–Crippen LogP) is -2.04. The fourth-order valence-electron chi connectivity index (χ4n) is 2.48. The molecule has 1 saturated heterocycles. The van der Waals surface area contributed by atoms with E-state index in [1.165, 1.54) is 4.90 Å². The van der Waals surface area contributed by atoms with Gasteiger partial charge in [0.25, 0.3) is 5.91 Å². The van der Waals surface area contributed by atoms with Gasteiger partial charge in [-0.3, -0.25) is 9.59 Å². The van der Waals surface area contributed by atoms with Gasteiger partial charge in [-0.15, -0.1) is 0 Å². The third kappa shape index (κ3) is 4.63. The Hall–Kier alpha value is -2.28. The zero-order chi connectivity index (χ0) is 15.9. The Balaban J connectivity index is 1.74. The quantitative estimate of drug-likeness (QED) is 0.505. The van der Waals surface area contributed by atoms with E-state index in [9.17, 15) is 14.7 Å². The first-order chi connectivity index (χ1) is 10.6. The van der Waals surface area contributed by atoms with Gasteiger partial charge in [-0.2, -0.15) is 0 Å². The normalized spacial score (nSPS) is 15.4. The van der Waals surface area contributed by atoms with E-state index in [0.29, 0.717) is 6.54 Å². The van der Waals surface area contributed by atoms with E-state index in [2.05, 4.69) is 15.5 Å². The summed E-state index contributed by atoms with van der Waals surface area (Å²) >= 11 is 0. The molecule has 1 aromatic carbocycles. The monoisotopic (exact) mass is 307 g/mol. The fraction of sp³-hybridized carbons (Fsp3) is 0.467. The molecule has 0 bridgehead atoms. The number of benzene rings is 1. The van der Waals surface area contributed by atoms with Crippen LogP contribution in [0.4, 0.5) is 5.69 Å². The van der Waals surface area contributed by atoms with Crippen molar-refractivity contribution < 1.29 is 19.6 Å². The number of quaternary nitrogens is 1. The van der Waals surface area contributed by atoms with Crippen LogP contribution in [0.2, 0.25) is 0 Å². The molecule has 0 aliphatic carbocycles. The molecule has 1 heterocycles. The molecular weight excluding hydrogens is 284 g/mol. The molecule has 7 nitrogen and oxygen atoms in total. The van der Waals surface area contributed by atoms with Gasteiger partial charge in [-0.25, -0.2) is 0 Å². The number of likely N-dealkylation sites (N-methyl/N-ethyl adjacent to an activating group) is 1. The molecule has 22 heavy (non-hydrogen) atoms. The van der Waals surface area contributed by atoms with Crippen molar-refractivity contribution in [3.05, 3.63) is 24.3 Å². The van der Waals surface area contributed by atoms with Gasteiger partial charge in [0, 0.05) is 12.7 Å². The van der Waals surface area contributed by atoms with E-state index in [1.54, 1.807) is 19.2 Å². The summed E-state index contributed by atoms with van der Waals surface area (Å²) in [6.07, 6.45) is 0. The van der Waals surface area contributed by atoms with Crippen LogP contribution in [0.15, 0.2) is 24.3 Å². The second-order valence-electron chi connectivity index (χ2n) is 5.38. The summed E-state index contributed by atoms with van der Waals surface area (Å²) in [6, 6.07) is 7.16. The summed E-state index contributed by atoms with van der Waals surface area (Å²) in [4.78, 5) is 26.3. The number of hydrogen-bond donors (Lipinski definition) is 4. The topological polar surface area (TPSA) is 86.1 Å². The molecular formula is C15H23N4O3+. The first kappa shape index (κ1) is 16.1. The van der Waals surface area contributed by atoms with E-state index in [-0.39, 0.29) is 24.1 Å². The minimum atomic E-state index is -0.194. The predicted molar refractivity (Wildman–Crippen MR) is 83.0 cm³/mol. The van der Waals surface area contributed by atoms with Crippen LogP contribution in [0.5, 0.6) is 5.75 Å². The number of aromatic hydroxyl groups is 1. The average molecular weight is 307 g/mol. The van der Waals surface area contributed by atoms with E-state index >= 15 is 0 Å². The summed E-state index contributed by atoms with van der Waals surface area (Å²) in [6.45, 7) is 3.89. The zero-order valence-electron chi connectivity index (χ0n) is 12.8. The molecule has 0 saturated carbocycles. The molecule has 7 heteroatoms. The van der Waals surface area contributed by atoms with Crippen LogP contribution in [0.3, 0.4) is 0 Å². The highest BCUT2D eigenvalue weighted by molar-refractivity contribution is 5.84. The number of phenols is 1. The van der Waals surface area contributed by atoms with Gasteiger partial charge in [-0.05, 0) is 24.3 Å². The van der Waals surface area contributed by atoms with Gasteiger partial charge in [-0.1, -0.05) is 0 Å². The summed E-state index contributed by atoms with van der Waals surface area (Å²) in [7, 11) is 1.54. The van der Waals surface area contributed by atoms with Crippen molar-refractivity contribution >= 4 is 17.5 Å². The SMILES string of the molecule is CNC(=O)CNC(=O)C[NH+]1CCN(c2ccc(O)cc2)CC1. The van der Waals surface area contributed by atoms with Crippen LogP contribution < -0.4 is 20.4 Å². The molecule has 0 unspecified atom stereocenters. The van der Waals surface area contributed by atoms with Crippen LogP contribution in [-0.4, -0.2) is 63.2 Å². The maximum absolute atomic E-state index is 11.8. The third-order valence-corrected chi connectivity index (χ3v) is 3.82. The van der Waals surface area contributed by atoms with Crippen molar-refractivity contribution in [3.8, 4) is 5.75 Å². The Labute approximate surface area is 129 Å². The average Bonchev–Trinajstić information content (AvgIpc) is 2.54. The molecule has 0 aromatic heterocycles. The summed E-state index contributed by atoms with van der Waals surface area (Å²) in [5.41, 5.74) is 1.08. The van der Waals surface area contributed by atoms with E-state index in [1.807, 2.05) is 12.1 Å². The van der Waals surface area contributed by atoms with Crippen molar-refractivity contribution in [2.75, 3.05) is 51.2 Å². The highest BCUT2D eigenvalue weighted by Crippen LogP contribution is 2.17. The fourth-order valence-corrected chi connectivity index (χ4v) is 2.48. The van der Waals surface area contributed by atoms with Crippen LogP contribution in [0.1, 0.15) is 0 Å². The number of amides is 2. The van der Waals surface area contributed by atoms with Crippen molar-refractivity contribution in [2.45, 2.75) is 0 Å². The molecule has 1 aliphatic rings. The van der Waals surface area contributed by atoms with Crippen molar-refractivity contribution in [3.63, 3.8) is 0 Å². The Bertz CT molecular complexity index is 510. The molecule has 0 atom stereocenters. The second-order valence-corrected chi connectivity index (χ2v) is 5.38. The number of rotatable bonds is 5. The number of carbonyl (C=O) groups excluding carboxylic acids is 2. The Morgan fingerprint density at radius 2 is 1.82 bits per heavy atom. The lowest BCUT2D eigenvalue weighted by Gasteiger charge is -2.33. The second kappa shape index (κ2) is 7.65. The molecule has 0 radical (unpaired) electrons. The lowest BCUT2D eigenvalue weighted by Crippen LogP contribution is -3.16. The van der Waals surface area contributed by atoms with E-state index in [0.717, 1.165) is 31.9 Å². The Morgan fingerprint density at radius 1 is 1.18 bits per heavy atom. The lowest BCUT2D eigenvalue weighted by atomic mass is 10.2. The summed E-state index contributed by atoms with van der Waals surface area (Å²) in [5, 5.41) is 14.4. The minimum Gasteiger partial charge on any atom is -0.508 e. The molecule has 1 aliphatic heterocycles. The third-order valence-electron chi connectivity index (χ3n) is 3.82. The standard InChI is InChI=1S/C15H22N4O3/c1-16-14(21)10-17-15(22)11-18-6-8-19(9-7-18)12-2-4-13(20)5-3-12/h2-5,20H,6-11H2,1H3,(H,16,21)(H,17,22)/p+1. The molecule has 0 spiro atoms. The summed E-state index contributed by atoms with van der Waals surface area (Å²) in [5.74, 6) is -0.0296. The molecule has 1 fully saturated rings. The number of phenolic OH excluding ortho intramolecular Hbond substituents is 1. The molecule has 1 aromatic rings.